The van der Waals surface area contributed by atoms with Crippen molar-refractivity contribution in [3.63, 3.8) is 0 Å². The highest BCUT2D eigenvalue weighted by molar-refractivity contribution is 14.1. The van der Waals surface area contributed by atoms with Crippen LogP contribution in [0.4, 0.5) is 0 Å². The first kappa shape index (κ1) is 13.4. The van der Waals surface area contributed by atoms with Gasteiger partial charge in [0.25, 0.3) is 0 Å². The fourth-order valence-electron chi connectivity index (χ4n) is 1.65. The maximum atomic E-state index is 6.14. The molecular formula is C12H10BrClINO. The van der Waals surface area contributed by atoms with E-state index in [1.807, 2.05) is 31.3 Å². The van der Waals surface area contributed by atoms with Crippen molar-refractivity contribution < 1.29 is 4.42 Å². The van der Waals surface area contributed by atoms with Crippen molar-refractivity contribution in [2.45, 2.75) is 6.04 Å². The lowest BCUT2D eigenvalue weighted by atomic mass is 10.1. The summed E-state index contributed by atoms with van der Waals surface area (Å²) in [6, 6.07) is 7.88. The van der Waals surface area contributed by atoms with E-state index in [0.717, 1.165) is 24.4 Å². The Morgan fingerprint density at radius 3 is 2.71 bits per heavy atom. The second-order valence-corrected chi connectivity index (χ2v) is 5.95. The third-order valence-electron chi connectivity index (χ3n) is 2.47. The van der Waals surface area contributed by atoms with Crippen LogP contribution < -0.4 is 5.32 Å². The summed E-state index contributed by atoms with van der Waals surface area (Å²) < 4.78 is 7.48. The SMILES string of the molecule is CNC(c1ccc(I)c(Cl)c1)c1occc1Br. The van der Waals surface area contributed by atoms with Gasteiger partial charge in [0.15, 0.2) is 0 Å². The molecule has 0 spiro atoms. The number of halogens is 3. The van der Waals surface area contributed by atoms with E-state index >= 15 is 0 Å². The van der Waals surface area contributed by atoms with E-state index in [9.17, 15) is 0 Å². The Morgan fingerprint density at radius 1 is 1.41 bits per heavy atom. The zero-order chi connectivity index (χ0) is 12.4. The van der Waals surface area contributed by atoms with Gasteiger partial charge in [-0.1, -0.05) is 17.7 Å². The second kappa shape index (κ2) is 5.73. The smallest absolute Gasteiger partial charge is 0.139 e. The summed E-state index contributed by atoms with van der Waals surface area (Å²) in [5.41, 5.74) is 1.08. The molecule has 2 nitrogen and oxygen atoms in total. The molecule has 0 bridgehead atoms. The Balaban J connectivity index is 2.42. The molecule has 0 aliphatic carbocycles. The van der Waals surface area contributed by atoms with E-state index in [1.54, 1.807) is 6.26 Å². The van der Waals surface area contributed by atoms with E-state index in [4.69, 9.17) is 16.0 Å². The van der Waals surface area contributed by atoms with Gasteiger partial charge in [-0.3, -0.25) is 0 Å². The van der Waals surface area contributed by atoms with Gasteiger partial charge < -0.3 is 9.73 Å². The van der Waals surface area contributed by atoms with Crippen LogP contribution in [0.1, 0.15) is 17.4 Å². The van der Waals surface area contributed by atoms with Crippen molar-refractivity contribution in [3.05, 3.63) is 54.9 Å². The first-order chi connectivity index (χ1) is 8.13. The van der Waals surface area contributed by atoms with Gasteiger partial charge in [0.1, 0.15) is 5.76 Å². The Hall–Kier alpha value is -0.0400. The van der Waals surface area contributed by atoms with E-state index in [-0.39, 0.29) is 6.04 Å². The molecule has 0 saturated carbocycles. The number of rotatable bonds is 3. The number of furan rings is 1. The summed E-state index contributed by atoms with van der Waals surface area (Å²) in [6.45, 7) is 0. The van der Waals surface area contributed by atoms with Gasteiger partial charge in [-0.25, -0.2) is 0 Å². The van der Waals surface area contributed by atoms with Crippen molar-refractivity contribution >= 4 is 50.1 Å². The summed E-state index contributed by atoms with van der Waals surface area (Å²) >= 11 is 11.8. The predicted octanol–water partition coefficient (Wildman–Crippen LogP) is 4.61. The molecule has 1 unspecified atom stereocenters. The first-order valence-electron chi connectivity index (χ1n) is 4.98. The quantitative estimate of drug-likeness (QED) is 0.726. The van der Waals surface area contributed by atoms with Crippen LogP contribution in [0.3, 0.4) is 0 Å². The summed E-state index contributed by atoms with van der Waals surface area (Å²) in [5.74, 6) is 0.852. The molecular weight excluding hydrogens is 416 g/mol. The lowest BCUT2D eigenvalue weighted by molar-refractivity contribution is 0.461. The molecule has 2 rings (SSSR count). The highest BCUT2D eigenvalue weighted by atomic mass is 127. The van der Waals surface area contributed by atoms with Crippen LogP contribution >= 0.6 is 50.1 Å². The second-order valence-electron chi connectivity index (χ2n) is 3.53. The zero-order valence-corrected chi connectivity index (χ0v) is 13.5. The Bertz CT molecular complexity index is 529. The first-order valence-corrected chi connectivity index (χ1v) is 7.23. The normalized spacial score (nSPS) is 12.7. The zero-order valence-electron chi connectivity index (χ0n) is 9.01. The van der Waals surface area contributed by atoms with E-state index in [2.05, 4.69) is 43.8 Å². The van der Waals surface area contributed by atoms with Crippen LogP contribution in [0, 0.1) is 3.57 Å². The van der Waals surface area contributed by atoms with E-state index in [1.165, 1.54) is 0 Å². The van der Waals surface area contributed by atoms with Crippen molar-refractivity contribution in [2.24, 2.45) is 0 Å². The average molecular weight is 426 g/mol. The molecule has 0 saturated heterocycles. The van der Waals surface area contributed by atoms with Crippen molar-refractivity contribution in [2.75, 3.05) is 7.05 Å². The van der Waals surface area contributed by atoms with Crippen molar-refractivity contribution in [3.8, 4) is 0 Å². The molecule has 1 aromatic heterocycles. The Labute approximate surface area is 127 Å². The Morgan fingerprint density at radius 2 is 2.18 bits per heavy atom. The maximum absolute atomic E-state index is 6.14. The van der Waals surface area contributed by atoms with Crippen LogP contribution in [-0.2, 0) is 0 Å². The van der Waals surface area contributed by atoms with Crippen LogP contribution in [-0.4, -0.2) is 7.05 Å². The minimum atomic E-state index is -0.00567. The molecule has 17 heavy (non-hydrogen) atoms. The maximum Gasteiger partial charge on any atom is 0.139 e. The largest absolute Gasteiger partial charge is 0.466 e. The van der Waals surface area contributed by atoms with Crippen LogP contribution in [0.5, 0.6) is 0 Å². The molecule has 0 aliphatic rings. The lowest BCUT2D eigenvalue weighted by Crippen LogP contribution is -2.17. The number of nitrogens with one attached hydrogen (secondary N) is 1. The molecule has 1 aromatic carbocycles. The summed E-state index contributed by atoms with van der Waals surface area (Å²) in [4.78, 5) is 0. The molecule has 5 heteroatoms. The standard InChI is InChI=1S/C12H10BrClINO/c1-16-11(12-8(13)4-5-17-12)7-2-3-10(15)9(14)6-7/h2-6,11,16H,1H3. The summed E-state index contributed by atoms with van der Waals surface area (Å²) in [5, 5.41) is 3.98. The van der Waals surface area contributed by atoms with Crippen molar-refractivity contribution in [1.29, 1.82) is 0 Å². The average Bonchev–Trinajstić information content (AvgIpc) is 2.71. The molecule has 1 atom stereocenters. The molecule has 1 N–H and O–H groups in total. The molecule has 90 valence electrons. The summed E-state index contributed by atoms with van der Waals surface area (Å²) in [7, 11) is 1.89. The fraction of sp³-hybridized carbons (Fsp3) is 0.167. The van der Waals surface area contributed by atoms with Gasteiger partial charge in [0, 0.05) is 3.57 Å². The molecule has 1 heterocycles. The number of hydrogen-bond donors (Lipinski definition) is 1. The highest BCUT2D eigenvalue weighted by Gasteiger charge is 2.18. The topological polar surface area (TPSA) is 25.2 Å². The van der Waals surface area contributed by atoms with Gasteiger partial charge in [0.2, 0.25) is 0 Å². The minimum Gasteiger partial charge on any atom is -0.466 e. The van der Waals surface area contributed by atoms with Crippen LogP contribution in [0.15, 0.2) is 39.4 Å². The van der Waals surface area contributed by atoms with Crippen molar-refractivity contribution in [1.82, 2.24) is 5.32 Å². The third kappa shape index (κ3) is 2.86. The molecule has 0 radical (unpaired) electrons. The van der Waals surface area contributed by atoms with Gasteiger partial charge in [0.05, 0.1) is 21.8 Å². The number of benzene rings is 1. The monoisotopic (exact) mass is 425 g/mol. The predicted molar refractivity (Wildman–Crippen MR) is 81.5 cm³/mol. The molecule has 0 amide bonds. The van der Waals surface area contributed by atoms with Gasteiger partial charge in [-0.15, -0.1) is 0 Å². The van der Waals surface area contributed by atoms with E-state index < -0.39 is 0 Å². The van der Waals surface area contributed by atoms with Crippen LogP contribution in [0.25, 0.3) is 0 Å². The van der Waals surface area contributed by atoms with E-state index in [0.29, 0.717) is 0 Å². The molecule has 2 aromatic rings. The number of hydrogen-bond acceptors (Lipinski definition) is 2. The highest BCUT2D eigenvalue weighted by Crippen LogP contribution is 2.31. The molecule has 0 aliphatic heterocycles. The third-order valence-corrected chi connectivity index (χ3v) is 4.70. The Kier molecular flexibility index (Phi) is 4.52. The van der Waals surface area contributed by atoms with Gasteiger partial charge >= 0.3 is 0 Å². The fourth-order valence-corrected chi connectivity index (χ4v) is 2.61. The minimum absolute atomic E-state index is 0.00567. The van der Waals surface area contributed by atoms with Gasteiger partial charge in [-0.2, -0.15) is 0 Å². The van der Waals surface area contributed by atoms with Crippen LogP contribution in [0.2, 0.25) is 5.02 Å². The summed E-state index contributed by atoms with van der Waals surface area (Å²) in [6.07, 6.45) is 1.66. The molecule has 0 fully saturated rings. The van der Waals surface area contributed by atoms with Gasteiger partial charge in [-0.05, 0) is 69.3 Å². The lowest BCUT2D eigenvalue weighted by Gasteiger charge is -2.15.